The maximum absolute atomic E-state index is 11.1. The van der Waals surface area contributed by atoms with Crippen molar-refractivity contribution >= 4 is 11.7 Å². The number of carbonyl (C=O) groups is 1. The average molecular weight is 184 g/mol. The molecule has 0 rings (SSSR count). The first-order valence-corrected chi connectivity index (χ1v) is 4.32. The third-order valence-corrected chi connectivity index (χ3v) is 1.47. The summed E-state index contributed by atoms with van der Waals surface area (Å²) in [4.78, 5) is 11.1. The van der Waals surface area contributed by atoms with E-state index in [1.54, 1.807) is 13.0 Å². The van der Waals surface area contributed by atoms with Gasteiger partial charge in [-0.3, -0.25) is 5.41 Å². The SMILES string of the molecule is CCC=C(CN)C(=N)C(=O)OCC. The number of allylic oxidation sites excluding steroid dienone is 1. The van der Waals surface area contributed by atoms with Crippen molar-refractivity contribution < 1.29 is 9.53 Å². The first kappa shape index (κ1) is 11.8. The summed E-state index contributed by atoms with van der Waals surface area (Å²) in [6.07, 6.45) is 2.52. The van der Waals surface area contributed by atoms with E-state index in [0.29, 0.717) is 5.57 Å². The molecule has 0 aliphatic heterocycles. The van der Waals surface area contributed by atoms with E-state index in [4.69, 9.17) is 11.1 Å². The number of rotatable bonds is 5. The monoisotopic (exact) mass is 184 g/mol. The Kier molecular flexibility index (Phi) is 5.80. The van der Waals surface area contributed by atoms with Crippen LogP contribution >= 0.6 is 0 Å². The smallest absolute Gasteiger partial charge is 0.356 e. The predicted octanol–water partition coefficient (Wildman–Crippen LogP) is 0.864. The normalized spacial score (nSPS) is 11.2. The zero-order chi connectivity index (χ0) is 10.3. The van der Waals surface area contributed by atoms with Gasteiger partial charge in [-0.1, -0.05) is 13.0 Å². The second-order valence-electron chi connectivity index (χ2n) is 2.44. The molecule has 0 aliphatic carbocycles. The van der Waals surface area contributed by atoms with Crippen molar-refractivity contribution in [2.75, 3.05) is 13.2 Å². The Hall–Kier alpha value is -1.16. The fourth-order valence-electron chi connectivity index (χ4n) is 0.868. The average Bonchev–Trinajstić information content (AvgIpc) is 2.13. The van der Waals surface area contributed by atoms with Gasteiger partial charge >= 0.3 is 5.97 Å². The minimum Gasteiger partial charge on any atom is -0.461 e. The predicted molar refractivity (Wildman–Crippen MR) is 51.8 cm³/mol. The number of nitrogens with one attached hydrogen (secondary N) is 1. The van der Waals surface area contributed by atoms with Crippen LogP contribution in [0, 0.1) is 5.41 Å². The molecule has 0 fully saturated rings. The molecule has 0 aromatic rings. The van der Waals surface area contributed by atoms with Gasteiger partial charge in [-0.25, -0.2) is 4.79 Å². The van der Waals surface area contributed by atoms with Crippen LogP contribution in [0.25, 0.3) is 0 Å². The summed E-state index contributed by atoms with van der Waals surface area (Å²) in [5.41, 5.74) is 5.79. The van der Waals surface area contributed by atoms with Crippen molar-refractivity contribution in [3.63, 3.8) is 0 Å². The number of hydrogen-bond acceptors (Lipinski definition) is 4. The van der Waals surface area contributed by atoms with Crippen LogP contribution in [0.1, 0.15) is 20.3 Å². The summed E-state index contributed by atoms with van der Waals surface area (Å²) in [7, 11) is 0. The first-order chi connectivity index (χ1) is 6.17. The Labute approximate surface area is 78.3 Å². The molecule has 0 aromatic carbocycles. The standard InChI is InChI=1S/C9H16N2O2/c1-3-5-7(6-10)8(11)9(12)13-4-2/h5,11H,3-4,6,10H2,1-2H3. The van der Waals surface area contributed by atoms with E-state index in [1.807, 2.05) is 6.92 Å². The van der Waals surface area contributed by atoms with Crippen molar-refractivity contribution in [3.05, 3.63) is 11.6 Å². The van der Waals surface area contributed by atoms with Crippen LogP contribution in [-0.2, 0) is 9.53 Å². The number of esters is 1. The quantitative estimate of drug-likeness (QED) is 0.491. The number of nitrogens with two attached hydrogens (primary N) is 1. The molecule has 0 amide bonds. The van der Waals surface area contributed by atoms with Crippen LogP contribution in [0.4, 0.5) is 0 Å². The van der Waals surface area contributed by atoms with E-state index in [2.05, 4.69) is 4.74 Å². The molecule has 0 aromatic heterocycles. The van der Waals surface area contributed by atoms with Crippen molar-refractivity contribution in [2.45, 2.75) is 20.3 Å². The maximum atomic E-state index is 11.1. The molecule has 0 aliphatic rings. The van der Waals surface area contributed by atoms with Crippen LogP contribution < -0.4 is 5.73 Å². The van der Waals surface area contributed by atoms with Crippen LogP contribution in [0.15, 0.2) is 11.6 Å². The Morgan fingerprint density at radius 1 is 1.54 bits per heavy atom. The van der Waals surface area contributed by atoms with Crippen LogP contribution in [0.3, 0.4) is 0 Å². The van der Waals surface area contributed by atoms with E-state index >= 15 is 0 Å². The van der Waals surface area contributed by atoms with Crippen molar-refractivity contribution in [2.24, 2.45) is 5.73 Å². The highest BCUT2D eigenvalue weighted by atomic mass is 16.5. The topological polar surface area (TPSA) is 76.2 Å². The summed E-state index contributed by atoms with van der Waals surface area (Å²) in [5.74, 6) is -0.604. The van der Waals surface area contributed by atoms with Crippen LogP contribution in [0.2, 0.25) is 0 Å². The number of ether oxygens (including phenoxy) is 1. The summed E-state index contributed by atoms with van der Waals surface area (Å²) in [6.45, 7) is 4.11. The molecule has 74 valence electrons. The molecule has 0 saturated heterocycles. The third kappa shape index (κ3) is 3.85. The molecule has 3 N–H and O–H groups in total. The Morgan fingerprint density at radius 3 is 2.54 bits per heavy atom. The van der Waals surface area contributed by atoms with E-state index in [9.17, 15) is 4.79 Å². The minimum atomic E-state index is -0.604. The lowest BCUT2D eigenvalue weighted by Gasteiger charge is -2.05. The molecule has 13 heavy (non-hydrogen) atoms. The largest absolute Gasteiger partial charge is 0.461 e. The lowest BCUT2D eigenvalue weighted by Crippen LogP contribution is -2.23. The fraction of sp³-hybridized carbons (Fsp3) is 0.556. The van der Waals surface area contributed by atoms with Gasteiger partial charge in [-0.05, 0) is 18.9 Å². The fourth-order valence-corrected chi connectivity index (χ4v) is 0.868. The Balaban J connectivity index is 4.37. The maximum Gasteiger partial charge on any atom is 0.356 e. The van der Waals surface area contributed by atoms with E-state index < -0.39 is 5.97 Å². The molecule has 0 saturated carbocycles. The second-order valence-corrected chi connectivity index (χ2v) is 2.44. The highest BCUT2D eigenvalue weighted by molar-refractivity contribution is 6.42. The Morgan fingerprint density at radius 2 is 2.15 bits per heavy atom. The molecule has 0 bridgehead atoms. The molecule has 4 nitrogen and oxygen atoms in total. The molecule has 0 heterocycles. The number of hydrogen-bond donors (Lipinski definition) is 2. The van der Waals surface area contributed by atoms with E-state index in [0.717, 1.165) is 6.42 Å². The van der Waals surface area contributed by atoms with Gasteiger partial charge in [0.25, 0.3) is 0 Å². The second kappa shape index (κ2) is 6.37. The van der Waals surface area contributed by atoms with Gasteiger partial charge in [0.2, 0.25) is 0 Å². The third-order valence-electron chi connectivity index (χ3n) is 1.47. The summed E-state index contributed by atoms with van der Waals surface area (Å²) < 4.78 is 4.67. The number of carbonyl (C=O) groups excluding carboxylic acids is 1. The van der Waals surface area contributed by atoms with Gasteiger partial charge in [0.1, 0.15) is 5.71 Å². The van der Waals surface area contributed by atoms with Gasteiger partial charge in [0, 0.05) is 6.54 Å². The van der Waals surface area contributed by atoms with Gasteiger partial charge in [0.15, 0.2) is 0 Å². The molecular weight excluding hydrogens is 168 g/mol. The van der Waals surface area contributed by atoms with Gasteiger partial charge in [-0.2, -0.15) is 0 Å². The summed E-state index contributed by atoms with van der Waals surface area (Å²) >= 11 is 0. The molecule has 0 spiro atoms. The molecule has 0 radical (unpaired) electrons. The first-order valence-electron chi connectivity index (χ1n) is 4.32. The summed E-state index contributed by atoms with van der Waals surface area (Å²) in [5, 5.41) is 7.44. The van der Waals surface area contributed by atoms with Crippen molar-refractivity contribution in [3.8, 4) is 0 Å². The van der Waals surface area contributed by atoms with Crippen molar-refractivity contribution in [1.29, 1.82) is 5.41 Å². The zero-order valence-electron chi connectivity index (χ0n) is 8.09. The highest BCUT2D eigenvalue weighted by Crippen LogP contribution is 1.99. The lowest BCUT2D eigenvalue weighted by molar-refractivity contribution is -0.135. The molecular formula is C9H16N2O2. The molecule has 4 heteroatoms. The highest BCUT2D eigenvalue weighted by Gasteiger charge is 2.13. The van der Waals surface area contributed by atoms with E-state index in [-0.39, 0.29) is 18.9 Å². The van der Waals surface area contributed by atoms with Crippen LogP contribution in [0.5, 0.6) is 0 Å². The minimum absolute atomic E-state index is 0.133. The lowest BCUT2D eigenvalue weighted by atomic mass is 10.1. The van der Waals surface area contributed by atoms with Gasteiger partial charge in [-0.15, -0.1) is 0 Å². The van der Waals surface area contributed by atoms with Gasteiger partial charge in [0.05, 0.1) is 6.61 Å². The summed E-state index contributed by atoms with van der Waals surface area (Å²) in [6, 6.07) is 0. The van der Waals surface area contributed by atoms with Crippen molar-refractivity contribution in [1.82, 2.24) is 0 Å². The molecule has 0 unspecified atom stereocenters. The van der Waals surface area contributed by atoms with Gasteiger partial charge < -0.3 is 10.5 Å². The molecule has 0 atom stereocenters. The van der Waals surface area contributed by atoms with E-state index in [1.165, 1.54) is 0 Å². The van der Waals surface area contributed by atoms with Crippen LogP contribution in [-0.4, -0.2) is 24.8 Å². The zero-order valence-corrected chi connectivity index (χ0v) is 8.09. The Bertz CT molecular complexity index is 222.